The average molecular weight is 493 g/mol. The number of nitrogens with two attached hydrogens (primary N) is 1. The number of benzene rings is 1. The van der Waals surface area contributed by atoms with Crippen LogP contribution < -0.4 is 10.6 Å². The SMILES string of the molecule is N/C(=C\C(=Nc1ccccc1Cl)c1ccc(-c2ccc(N3CCOCC3)nc2)s1)C(F)(F)F. The number of aliphatic imine (C=N–C) groups is 1. The van der Waals surface area contributed by atoms with Crippen LogP contribution in [0.2, 0.25) is 5.02 Å². The van der Waals surface area contributed by atoms with E-state index in [-0.39, 0.29) is 5.71 Å². The molecular formula is C23H20ClF3N4OS. The highest BCUT2D eigenvalue weighted by Crippen LogP contribution is 2.32. The van der Waals surface area contributed by atoms with E-state index in [2.05, 4.69) is 14.9 Å². The summed E-state index contributed by atoms with van der Waals surface area (Å²) in [5.41, 5.74) is 5.34. The van der Waals surface area contributed by atoms with Crippen molar-refractivity contribution in [2.45, 2.75) is 6.18 Å². The van der Waals surface area contributed by atoms with E-state index >= 15 is 0 Å². The fraction of sp³-hybridized carbons (Fsp3) is 0.217. The van der Waals surface area contributed by atoms with Crippen LogP contribution in [-0.2, 0) is 4.74 Å². The number of nitrogens with zero attached hydrogens (tertiary/aromatic N) is 3. The minimum absolute atomic E-state index is 0.0760. The Hall–Kier alpha value is -2.88. The Labute approximate surface area is 198 Å². The lowest BCUT2D eigenvalue weighted by atomic mass is 10.2. The summed E-state index contributed by atoms with van der Waals surface area (Å²) in [5, 5.41) is 0.327. The molecule has 33 heavy (non-hydrogen) atoms. The number of ether oxygens (including phenoxy) is 1. The molecule has 0 amide bonds. The van der Waals surface area contributed by atoms with Crippen molar-refractivity contribution >= 4 is 40.2 Å². The largest absolute Gasteiger partial charge is 0.430 e. The van der Waals surface area contributed by atoms with E-state index in [4.69, 9.17) is 22.1 Å². The molecular weight excluding hydrogens is 473 g/mol. The van der Waals surface area contributed by atoms with Crippen LogP contribution in [0.15, 0.2) is 71.5 Å². The van der Waals surface area contributed by atoms with Crippen LogP contribution in [0.25, 0.3) is 10.4 Å². The summed E-state index contributed by atoms with van der Waals surface area (Å²) in [6.07, 6.45) is -2.08. The van der Waals surface area contributed by atoms with Crippen molar-refractivity contribution in [3.63, 3.8) is 0 Å². The Bertz CT molecular complexity index is 1170. The van der Waals surface area contributed by atoms with Crippen LogP contribution in [0.4, 0.5) is 24.7 Å². The Balaban J connectivity index is 1.66. The summed E-state index contributed by atoms with van der Waals surface area (Å²) in [4.78, 5) is 12.4. The van der Waals surface area contributed by atoms with Gasteiger partial charge < -0.3 is 15.4 Å². The van der Waals surface area contributed by atoms with Gasteiger partial charge in [0.15, 0.2) is 0 Å². The molecule has 0 aliphatic carbocycles. The average Bonchev–Trinajstić information content (AvgIpc) is 3.30. The van der Waals surface area contributed by atoms with Gasteiger partial charge in [0.2, 0.25) is 0 Å². The number of alkyl halides is 3. The molecule has 10 heteroatoms. The number of morpholine rings is 1. The van der Waals surface area contributed by atoms with Crippen molar-refractivity contribution in [3.8, 4) is 10.4 Å². The molecule has 0 unspecified atom stereocenters. The lowest BCUT2D eigenvalue weighted by molar-refractivity contribution is -0.0925. The standard InChI is InChI=1S/C23H20ClF3N4OS/c24-16-3-1-2-4-17(16)30-18(13-21(28)23(25,26)27)20-7-6-19(33-20)15-5-8-22(29-14-15)31-9-11-32-12-10-31/h1-8,13-14H,9-12,28H2/b21-13-,30-18?. The smallest absolute Gasteiger partial charge is 0.395 e. The van der Waals surface area contributed by atoms with Crippen LogP contribution in [0, 0.1) is 0 Å². The van der Waals surface area contributed by atoms with Crippen molar-refractivity contribution in [2.24, 2.45) is 10.7 Å². The number of anilines is 1. The summed E-state index contributed by atoms with van der Waals surface area (Å²) in [7, 11) is 0. The summed E-state index contributed by atoms with van der Waals surface area (Å²) < 4.78 is 44.7. The molecule has 4 rings (SSSR count). The third-order valence-corrected chi connectivity index (χ3v) is 6.42. The number of rotatable bonds is 5. The molecule has 0 spiro atoms. The monoisotopic (exact) mass is 492 g/mol. The molecule has 5 nitrogen and oxygen atoms in total. The van der Waals surface area contributed by atoms with Crippen LogP contribution in [0.5, 0.6) is 0 Å². The fourth-order valence-electron chi connectivity index (χ4n) is 3.20. The molecule has 172 valence electrons. The topological polar surface area (TPSA) is 63.7 Å². The Kier molecular flexibility index (Phi) is 7.02. The number of hydrogen-bond donors (Lipinski definition) is 1. The highest BCUT2D eigenvalue weighted by molar-refractivity contribution is 7.17. The molecule has 0 radical (unpaired) electrons. The summed E-state index contributed by atoms with van der Waals surface area (Å²) in [5.74, 6) is 0.862. The van der Waals surface area contributed by atoms with Gasteiger partial charge in [-0.1, -0.05) is 23.7 Å². The molecule has 0 atom stereocenters. The summed E-state index contributed by atoms with van der Waals surface area (Å²) in [6, 6.07) is 14.1. The maximum Gasteiger partial charge on any atom is 0.430 e. The van der Waals surface area contributed by atoms with Gasteiger partial charge in [0, 0.05) is 29.7 Å². The second kappa shape index (κ2) is 9.94. The molecule has 2 aromatic heterocycles. The van der Waals surface area contributed by atoms with Gasteiger partial charge in [-0.3, -0.25) is 0 Å². The van der Waals surface area contributed by atoms with Crippen LogP contribution in [-0.4, -0.2) is 43.2 Å². The molecule has 2 N–H and O–H groups in total. The summed E-state index contributed by atoms with van der Waals surface area (Å²) >= 11 is 7.46. The number of halogens is 4. The second-order valence-corrected chi connectivity index (χ2v) is 8.71. The van der Waals surface area contributed by atoms with E-state index in [0.29, 0.717) is 28.8 Å². The van der Waals surface area contributed by atoms with Gasteiger partial charge in [-0.15, -0.1) is 11.3 Å². The predicted octanol–water partition coefficient (Wildman–Crippen LogP) is 5.83. The van der Waals surface area contributed by atoms with Gasteiger partial charge in [-0.25, -0.2) is 9.98 Å². The fourth-order valence-corrected chi connectivity index (χ4v) is 4.34. The van der Waals surface area contributed by atoms with Gasteiger partial charge in [0.1, 0.15) is 11.5 Å². The maximum atomic E-state index is 13.1. The third-order valence-electron chi connectivity index (χ3n) is 4.94. The van der Waals surface area contributed by atoms with Gasteiger partial charge in [-0.05, 0) is 42.5 Å². The minimum atomic E-state index is -4.67. The number of pyridine rings is 1. The molecule has 1 aliphatic rings. The molecule has 1 aromatic carbocycles. The highest BCUT2D eigenvalue weighted by atomic mass is 35.5. The van der Waals surface area contributed by atoms with Gasteiger partial charge in [0.25, 0.3) is 0 Å². The van der Waals surface area contributed by atoms with E-state index in [1.165, 1.54) is 11.3 Å². The van der Waals surface area contributed by atoms with Gasteiger partial charge in [0.05, 0.1) is 34.5 Å². The number of aromatic nitrogens is 1. The summed E-state index contributed by atoms with van der Waals surface area (Å²) in [6.45, 7) is 2.90. The lowest BCUT2D eigenvalue weighted by Crippen LogP contribution is -2.36. The zero-order valence-corrected chi connectivity index (χ0v) is 18.9. The first-order valence-electron chi connectivity index (χ1n) is 10.1. The van der Waals surface area contributed by atoms with Crippen molar-refractivity contribution in [1.82, 2.24) is 4.98 Å². The first kappa shape index (κ1) is 23.3. The van der Waals surface area contributed by atoms with Gasteiger partial charge in [-0.2, -0.15) is 13.2 Å². The molecule has 1 fully saturated rings. The Morgan fingerprint density at radius 1 is 1.12 bits per heavy atom. The molecule has 1 aliphatic heterocycles. The van der Waals surface area contributed by atoms with E-state index in [9.17, 15) is 13.2 Å². The van der Waals surface area contributed by atoms with Crippen molar-refractivity contribution in [3.05, 3.63) is 76.4 Å². The zero-order valence-electron chi connectivity index (χ0n) is 17.3. The zero-order chi connectivity index (χ0) is 23.4. The van der Waals surface area contributed by atoms with Crippen LogP contribution >= 0.6 is 22.9 Å². The van der Waals surface area contributed by atoms with E-state index in [1.54, 1.807) is 36.5 Å². The number of hydrogen-bond acceptors (Lipinski definition) is 6. The quantitative estimate of drug-likeness (QED) is 0.455. The normalized spacial score (nSPS) is 15.7. The Morgan fingerprint density at radius 2 is 1.88 bits per heavy atom. The van der Waals surface area contributed by atoms with Gasteiger partial charge >= 0.3 is 6.18 Å². The second-order valence-electron chi connectivity index (χ2n) is 7.21. The minimum Gasteiger partial charge on any atom is -0.395 e. The van der Waals surface area contributed by atoms with Crippen molar-refractivity contribution in [1.29, 1.82) is 0 Å². The number of para-hydroxylation sites is 1. The van der Waals surface area contributed by atoms with Crippen molar-refractivity contribution in [2.75, 3.05) is 31.2 Å². The van der Waals surface area contributed by atoms with Crippen LogP contribution in [0.1, 0.15) is 4.88 Å². The number of thiophene rings is 1. The Morgan fingerprint density at radius 3 is 2.55 bits per heavy atom. The molecule has 3 heterocycles. The van der Waals surface area contributed by atoms with E-state index in [1.807, 2.05) is 18.2 Å². The highest BCUT2D eigenvalue weighted by Gasteiger charge is 2.32. The van der Waals surface area contributed by atoms with Crippen LogP contribution in [0.3, 0.4) is 0 Å². The third kappa shape index (κ3) is 5.73. The molecule has 0 saturated carbocycles. The molecule has 3 aromatic rings. The maximum absolute atomic E-state index is 13.1. The van der Waals surface area contributed by atoms with E-state index in [0.717, 1.165) is 35.4 Å². The van der Waals surface area contributed by atoms with E-state index < -0.39 is 11.9 Å². The molecule has 1 saturated heterocycles. The lowest BCUT2D eigenvalue weighted by Gasteiger charge is -2.27. The first-order chi connectivity index (χ1) is 15.8. The molecule has 0 bridgehead atoms. The van der Waals surface area contributed by atoms with Crippen molar-refractivity contribution < 1.29 is 17.9 Å². The first-order valence-corrected chi connectivity index (χ1v) is 11.3. The predicted molar refractivity (Wildman–Crippen MR) is 127 cm³/mol. The number of allylic oxidation sites excluding steroid dienone is 2.